The van der Waals surface area contributed by atoms with E-state index in [0.29, 0.717) is 0 Å². The molecule has 0 aliphatic carbocycles. The Morgan fingerprint density at radius 3 is 1.36 bits per heavy atom. The van der Waals surface area contributed by atoms with Crippen molar-refractivity contribution >= 4 is 36.5 Å². The number of aliphatic carboxylic acids is 4. The van der Waals surface area contributed by atoms with Crippen LogP contribution in [0.1, 0.15) is 26.7 Å². The van der Waals surface area contributed by atoms with Crippen molar-refractivity contribution in [3.05, 3.63) is 0 Å². The van der Waals surface area contributed by atoms with Crippen LogP contribution in [0.4, 0.5) is 0 Å². The maximum atomic E-state index is 10.2. The van der Waals surface area contributed by atoms with Crippen molar-refractivity contribution in [1.29, 1.82) is 0 Å². The first-order valence-electron chi connectivity index (χ1n) is 5.67. The molecule has 0 saturated carbocycles. The smallest absolute Gasteiger partial charge is 0.550 e. The third-order valence-corrected chi connectivity index (χ3v) is 2.56. The van der Waals surface area contributed by atoms with Gasteiger partial charge in [0.15, 0.2) is 0 Å². The van der Waals surface area contributed by atoms with E-state index in [1.165, 1.54) is 0 Å². The molecular weight excluding hydrogens is 391 g/mol. The van der Waals surface area contributed by atoms with Crippen molar-refractivity contribution in [3.63, 3.8) is 0 Å². The van der Waals surface area contributed by atoms with Crippen LogP contribution < -0.4 is 110 Å². The molecule has 10 nitrogen and oxygen atoms in total. The van der Waals surface area contributed by atoms with E-state index in [1.54, 1.807) is 13.8 Å². The standard InChI is InChI=1S/C6H8O7.C5H11NO2S.3Na/c7-3(8)1-6(13,5(11)12)2-4(9)10;1-5(2,9)3(6)4(7)8;;;/h13H,1-2H2,(H,7,8)(H,9,10)(H,11,12);3,9H,6H2,1-2H3,(H,7,8);;;/q;;3*+1/p-3/t;3-;;;/m.1.../s1. The molecule has 128 valence electrons. The third kappa shape index (κ3) is 18.3. The fourth-order valence-electron chi connectivity index (χ4n) is 0.987. The predicted octanol–water partition coefficient (Wildman–Crippen LogP) is -14.1. The minimum Gasteiger partial charge on any atom is -0.550 e. The molecule has 0 bridgehead atoms. The number of carboxylic acid groups (broad SMARTS) is 4. The first-order valence-corrected chi connectivity index (χ1v) is 6.12. The van der Waals surface area contributed by atoms with Gasteiger partial charge in [-0.3, -0.25) is 4.79 Å². The Hall–Kier alpha value is 1.15. The van der Waals surface area contributed by atoms with Gasteiger partial charge in [0, 0.05) is 29.5 Å². The second-order valence-corrected chi connectivity index (χ2v) is 6.04. The van der Waals surface area contributed by atoms with Gasteiger partial charge in [-0.2, -0.15) is 12.6 Å². The van der Waals surface area contributed by atoms with E-state index in [1.807, 2.05) is 0 Å². The molecule has 25 heavy (non-hydrogen) atoms. The van der Waals surface area contributed by atoms with E-state index in [2.05, 4.69) is 12.6 Å². The number of thiol groups is 1. The van der Waals surface area contributed by atoms with E-state index in [9.17, 15) is 34.5 Å². The fraction of sp³-hybridized carbons (Fsp3) is 0.636. The summed E-state index contributed by atoms with van der Waals surface area (Å²) in [5.41, 5.74) is 2.24. The fourth-order valence-corrected chi connectivity index (χ4v) is 1.10. The summed E-state index contributed by atoms with van der Waals surface area (Å²) in [5.74, 6) is -7.00. The number of aliphatic hydroxyl groups is 1. The molecule has 4 N–H and O–H groups in total. The second kappa shape index (κ2) is 16.1. The van der Waals surface area contributed by atoms with Gasteiger partial charge >= 0.3 is 94.6 Å². The average molecular weight is 407 g/mol. The molecule has 0 aliphatic heterocycles. The van der Waals surface area contributed by atoms with Gasteiger partial charge < -0.3 is 45.6 Å². The Bertz CT molecular complexity index is 441. The zero-order valence-electron chi connectivity index (χ0n) is 14.8. The van der Waals surface area contributed by atoms with Crippen LogP contribution in [0.15, 0.2) is 0 Å². The zero-order valence-corrected chi connectivity index (χ0v) is 21.7. The van der Waals surface area contributed by atoms with E-state index in [4.69, 9.17) is 15.9 Å². The quantitative estimate of drug-likeness (QED) is 0.232. The summed E-state index contributed by atoms with van der Waals surface area (Å²) in [6.45, 7) is 3.32. The van der Waals surface area contributed by atoms with Gasteiger partial charge in [0.05, 0.1) is 5.97 Å². The molecule has 0 spiro atoms. The van der Waals surface area contributed by atoms with Crippen LogP contribution in [0.5, 0.6) is 0 Å². The van der Waals surface area contributed by atoms with Gasteiger partial charge in [0.1, 0.15) is 11.6 Å². The van der Waals surface area contributed by atoms with E-state index in [0.717, 1.165) is 0 Å². The van der Waals surface area contributed by atoms with E-state index in [-0.39, 0.29) is 88.7 Å². The Balaban J connectivity index is -0.0000001000. The molecule has 0 fully saturated rings. The first-order chi connectivity index (χ1) is 9.63. The van der Waals surface area contributed by atoms with Crippen molar-refractivity contribution in [2.75, 3.05) is 0 Å². The molecule has 0 amide bonds. The van der Waals surface area contributed by atoms with Gasteiger partial charge in [-0.1, -0.05) is 0 Å². The molecule has 0 aliphatic rings. The van der Waals surface area contributed by atoms with Crippen LogP contribution in [-0.4, -0.2) is 50.5 Å². The van der Waals surface area contributed by atoms with Crippen LogP contribution >= 0.6 is 12.6 Å². The molecule has 0 saturated heterocycles. The zero-order chi connectivity index (χ0) is 18.3. The molecule has 0 aromatic heterocycles. The first kappa shape index (κ1) is 37.0. The maximum absolute atomic E-state index is 10.2. The van der Waals surface area contributed by atoms with Gasteiger partial charge in [-0.15, -0.1) is 0 Å². The van der Waals surface area contributed by atoms with Crippen LogP contribution in [0.3, 0.4) is 0 Å². The summed E-state index contributed by atoms with van der Waals surface area (Å²) in [6, 6.07) is -0.902. The van der Waals surface area contributed by atoms with Crippen LogP contribution in [0, 0.1) is 0 Å². The molecule has 0 aromatic rings. The Labute approximate surface area is 216 Å². The summed E-state index contributed by atoms with van der Waals surface area (Å²) in [7, 11) is 0. The van der Waals surface area contributed by atoms with E-state index >= 15 is 0 Å². The average Bonchev–Trinajstić information content (AvgIpc) is 2.24. The molecule has 0 unspecified atom stereocenters. The number of hydrogen-bond acceptors (Lipinski definition) is 10. The Kier molecular flexibility index (Phi) is 23.9. The van der Waals surface area contributed by atoms with Crippen molar-refractivity contribution in [2.45, 2.75) is 43.1 Å². The van der Waals surface area contributed by atoms with Crippen LogP contribution in [0.25, 0.3) is 0 Å². The summed E-state index contributed by atoms with van der Waals surface area (Å²) in [4.78, 5) is 40.2. The van der Waals surface area contributed by atoms with Crippen molar-refractivity contribution < 1.29 is 133 Å². The largest absolute Gasteiger partial charge is 1.00 e. The molecule has 0 radical (unpaired) electrons. The van der Waals surface area contributed by atoms with Gasteiger partial charge in [-0.25, -0.2) is 0 Å². The minimum atomic E-state index is -2.97. The number of hydrogen-bond donors (Lipinski definition) is 4. The summed E-state index contributed by atoms with van der Waals surface area (Å²) in [6.07, 6.45) is -2.72. The van der Waals surface area contributed by atoms with Crippen molar-refractivity contribution in [1.82, 2.24) is 0 Å². The number of carbonyl (C=O) groups excluding carboxylic acids is 3. The normalized spacial score (nSPS) is 11.1. The third-order valence-electron chi connectivity index (χ3n) is 2.28. The number of carboxylic acids is 4. The number of carbonyl (C=O) groups is 4. The molecule has 14 heteroatoms. The SMILES string of the molecule is CC(C)(S)[C@H](N)C(=O)O.O=C([O-])CC(O)(CC(=O)[O-])C(=O)[O-].[Na+].[Na+].[Na+]. The predicted molar refractivity (Wildman–Crippen MR) is 67.9 cm³/mol. The maximum Gasteiger partial charge on any atom is 1.00 e. The van der Waals surface area contributed by atoms with Crippen molar-refractivity contribution in [2.24, 2.45) is 5.73 Å². The minimum absolute atomic E-state index is 0. The topological polar surface area (TPSA) is 204 Å². The molecule has 0 rings (SSSR count). The van der Waals surface area contributed by atoms with Crippen molar-refractivity contribution in [3.8, 4) is 0 Å². The monoisotopic (exact) mass is 407 g/mol. The summed E-state index contributed by atoms with van der Waals surface area (Å²) >= 11 is 3.98. The number of rotatable bonds is 7. The molecule has 0 heterocycles. The molecule has 1 atom stereocenters. The van der Waals surface area contributed by atoms with Gasteiger partial charge in [-0.05, 0) is 13.8 Å². The van der Waals surface area contributed by atoms with Crippen LogP contribution in [0.2, 0.25) is 0 Å². The molecular formula is C11H16NNa3O9S. The Morgan fingerprint density at radius 2 is 1.28 bits per heavy atom. The van der Waals surface area contributed by atoms with Gasteiger partial charge in [0.2, 0.25) is 0 Å². The second-order valence-electron chi connectivity index (χ2n) is 4.89. The summed E-state index contributed by atoms with van der Waals surface area (Å²) < 4.78 is -0.647. The molecule has 0 aromatic carbocycles. The van der Waals surface area contributed by atoms with Gasteiger partial charge in [0.25, 0.3) is 0 Å². The van der Waals surface area contributed by atoms with Crippen LogP contribution in [-0.2, 0) is 19.2 Å². The Morgan fingerprint density at radius 1 is 1.00 bits per heavy atom. The summed E-state index contributed by atoms with van der Waals surface area (Å²) in [5, 5.41) is 47.3. The van der Waals surface area contributed by atoms with E-state index < -0.39 is 53.1 Å². The number of nitrogens with two attached hydrogens (primary N) is 1.